The summed E-state index contributed by atoms with van der Waals surface area (Å²) in [5.41, 5.74) is 2.67. The maximum Gasteiger partial charge on any atom is 0.255 e. The SMILES string of the molecule is O=C(Nc1ccc(Nc2cc(N3CCOCC3)cnn2)cc1)c1cccc(F)c1. The lowest BCUT2D eigenvalue weighted by Crippen LogP contribution is -2.36. The molecule has 1 saturated heterocycles. The number of morpholine rings is 1. The van der Waals surface area contributed by atoms with E-state index in [0.29, 0.717) is 24.7 Å². The van der Waals surface area contributed by atoms with Gasteiger partial charge in [-0.3, -0.25) is 4.79 Å². The molecule has 8 heteroatoms. The van der Waals surface area contributed by atoms with Gasteiger partial charge in [0.2, 0.25) is 0 Å². The zero-order chi connectivity index (χ0) is 20.1. The molecule has 7 nitrogen and oxygen atoms in total. The van der Waals surface area contributed by atoms with Gasteiger partial charge in [-0.25, -0.2) is 4.39 Å². The predicted octanol–water partition coefficient (Wildman–Crippen LogP) is 3.45. The van der Waals surface area contributed by atoms with Crippen molar-refractivity contribution in [2.24, 2.45) is 0 Å². The monoisotopic (exact) mass is 393 g/mol. The van der Waals surface area contributed by atoms with Gasteiger partial charge in [0, 0.05) is 36.1 Å². The van der Waals surface area contributed by atoms with Crippen molar-refractivity contribution >= 4 is 28.8 Å². The third kappa shape index (κ3) is 4.85. The molecule has 1 fully saturated rings. The Hall–Kier alpha value is -3.52. The summed E-state index contributed by atoms with van der Waals surface area (Å²) in [6.07, 6.45) is 1.74. The van der Waals surface area contributed by atoms with E-state index in [1.807, 2.05) is 18.2 Å². The molecule has 1 aliphatic rings. The lowest BCUT2D eigenvalue weighted by molar-refractivity contribution is 0.102. The van der Waals surface area contributed by atoms with Gasteiger partial charge in [-0.15, -0.1) is 5.10 Å². The number of nitrogens with one attached hydrogen (secondary N) is 2. The molecular weight excluding hydrogens is 373 g/mol. The number of carbonyl (C=O) groups is 1. The number of ether oxygens (including phenoxy) is 1. The van der Waals surface area contributed by atoms with Gasteiger partial charge in [-0.2, -0.15) is 5.10 Å². The van der Waals surface area contributed by atoms with E-state index >= 15 is 0 Å². The Balaban J connectivity index is 1.40. The Morgan fingerprint density at radius 1 is 1.03 bits per heavy atom. The second-order valence-corrected chi connectivity index (χ2v) is 6.57. The van der Waals surface area contributed by atoms with E-state index < -0.39 is 5.82 Å². The summed E-state index contributed by atoms with van der Waals surface area (Å²) < 4.78 is 18.6. The van der Waals surface area contributed by atoms with Crippen LogP contribution in [0.25, 0.3) is 0 Å². The van der Waals surface area contributed by atoms with Crippen LogP contribution in [0.1, 0.15) is 10.4 Å². The first-order valence-corrected chi connectivity index (χ1v) is 9.27. The Bertz CT molecular complexity index is 990. The van der Waals surface area contributed by atoms with Crippen molar-refractivity contribution in [3.05, 3.63) is 72.2 Å². The fourth-order valence-corrected chi connectivity index (χ4v) is 3.03. The third-order valence-corrected chi connectivity index (χ3v) is 4.52. The zero-order valence-electron chi connectivity index (χ0n) is 15.6. The van der Waals surface area contributed by atoms with E-state index in [4.69, 9.17) is 4.74 Å². The predicted molar refractivity (Wildman–Crippen MR) is 109 cm³/mol. The van der Waals surface area contributed by atoms with Crippen molar-refractivity contribution in [3.8, 4) is 0 Å². The minimum absolute atomic E-state index is 0.266. The van der Waals surface area contributed by atoms with Crippen LogP contribution in [0, 0.1) is 5.82 Å². The lowest BCUT2D eigenvalue weighted by atomic mass is 10.2. The van der Waals surface area contributed by atoms with Gasteiger partial charge in [0.25, 0.3) is 5.91 Å². The first-order chi connectivity index (χ1) is 14.2. The number of amides is 1. The number of nitrogens with zero attached hydrogens (tertiary/aromatic N) is 3. The quantitative estimate of drug-likeness (QED) is 0.691. The highest BCUT2D eigenvalue weighted by Gasteiger charge is 2.12. The summed E-state index contributed by atoms with van der Waals surface area (Å²) in [5, 5.41) is 14.2. The molecule has 0 bridgehead atoms. The molecule has 1 aliphatic heterocycles. The second-order valence-electron chi connectivity index (χ2n) is 6.57. The zero-order valence-corrected chi connectivity index (χ0v) is 15.6. The molecule has 4 rings (SSSR count). The molecule has 0 saturated carbocycles. The molecule has 0 aliphatic carbocycles. The number of hydrogen-bond acceptors (Lipinski definition) is 6. The van der Waals surface area contributed by atoms with Crippen molar-refractivity contribution in [1.82, 2.24) is 10.2 Å². The van der Waals surface area contributed by atoms with Crippen LogP contribution in [0.15, 0.2) is 60.8 Å². The van der Waals surface area contributed by atoms with Crippen molar-refractivity contribution in [2.45, 2.75) is 0 Å². The normalized spacial score (nSPS) is 13.8. The number of hydrogen-bond donors (Lipinski definition) is 2. The van der Waals surface area contributed by atoms with Crippen LogP contribution in [-0.4, -0.2) is 42.4 Å². The number of carbonyl (C=O) groups excluding carboxylic acids is 1. The molecule has 0 atom stereocenters. The molecule has 2 aromatic carbocycles. The molecule has 1 aromatic heterocycles. The highest BCUT2D eigenvalue weighted by Crippen LogP contribution is 2.22. The van der Waals surface area contributed by atoms with Gasteiger partial charge in [0.1, 0.15) is 5.82 Å². The van der Waals surface area contributed by atoms with Gasteiger partial charge in [0.05, 0.1) is 25.1 Å². The number of aromatic nitrogens is 2. The summed E-state index contributed by atoms with van der Waals surface area (Å²) in [7, 11) is 0. The molecule has 3 aromatic rings. The summed E-state index contributed by atoms with van der Waals surface area (Å²) in [6.45, 7) is 3.05. The Kier molecular flexibility index (Phi) is 5.62. The first kappa shape index (κ1) is 18.8. The largest absolute Gasteiger partial charge is 0.378 e. The minimum atomic E-state index is -0.447. The van der Waals surface area contributed by atoms with Crippen molar-refractivity contribution in [2.75, 3.05) is 41.8 Å². The van der Waals surface area contributed by atoms with E-state index in [0.717, 1.165) is 24.5 Å². The lowest BCUT2D eigenvalue weighted by Gasteiger charge is -2.28. The van der Waals surface area contributed by atoms with Crippen LogP contribution in [0.3, 0.4) is 0 Å². The van der Waals surface area contributed by atoms with Crippen LogP contribution in [0.2, 0.25) is 0 Å². The van der Waals surface area contributed by atoms with Gasteiger partial charge < -0.3 is 20.3 Å². The molecule has 0 spiro atoms. The molecule has 0 unspecified atom stereocenters. The van der Waals surface area contributed by atoms with Crippen molar-refractivity contribution in [3.63, 3.8) is 0 Å². The second kappa shape index (κ2) is 8.66. The van der Waals surface area contributed by atoms with E-state index in [2.05, 4.69) is 25.7 Å². The molecule has 1 amide bonds. The summed E-state index contributed by atoms with van der Waals surface area (Å²) in [4.78, 5) is 14.4. The van der Waals surface area contributed by atoms with E-state index in [9.17, 15) is 9.18 Å². The number of benzene rings is 2. The Morgan fingerprint density at radius 3 is 2.55 bits per heavy atom. The smallest absolute Gasteiger partial charge is 0.255 e. The van der Waals surface area contributed by atoms with E-state index in [1.54, 1.807) is 24.4 Å². The number of rotatable bonds is 5. The van der Waals surface area contributed by atoms with Crippen LogP contribution in [0.4, 0.5) is 27.3 Å². The van der Waals surface area contributed by atoms with Crippen molar-refractivity contribution in [1.29, 1.82) is 0 Å². The van der Waals surface area contributed by atoms with E-state index in [1.165, 1.54) is 18.2 Å². The fourth-order valence-electron chi connectivity index (χ4n) is 3.03. The first-order valence-electron chi connectivity index (χ1n) is 9.27. The minimum Gasteiger partial charge on any atom is -0.378 e. The van der Waals surface area contributed by atoms with Crippen LogP contribution in [-0.2, 0) is 4.74 Å². The van der Waals surface area contributed by atoms with Gasteiger partial charge >= 0.3 is 0 Å². The van der Waals surface area contributed by atoms with E-state index in [-0.39, 0.29) is 11.5 Å². The molecule has 0 radical (unpaired) electrons. The summed E-state index contributed by atoms with van der Waals surface area (Å²) in [5.74, 6) is -0.183. The fraction of sp³-hybridized carbons (Fsp3) is 0.190. The maximum absolute atomic E-state index is 13.3. The van der Waals surface area contributed by atoms with Crippen LogP contribution >= 0.6 is 0 Å². The molecule has 2 N–H and O–H groups in total. The highest BCUT2D eigenvalue weighted by molar-refractivity contribution is 6.04. The molecule has 2 heterocycles. The molecule has 148 valence electrons. The van der Waals surface area contributed by atoms with Crippen molar-refractivity contribution < 1.29 is 13.9 Å². The molecular formula is C21H20FN5O2. The highest BCUT2D eigenvalue weighted by atomic mass is 19.1. The summed E-state index contributed by atoms with van der Waals surface area (Å²) in [6, 6.07) is 14.7. The van der Waals surface area contributed by atoms with Gasteiger partial charge in [-0.05, 0) is 42.5 Å². The van der Waals surface area contributed by atoms with Crippen LogP contribution < -0.4 is 15.5 Å². The molecule has 29 heavy (non-hydrogen) atoms. The number of halogens is 1. The standard InChI is InChI=1S/C21H20FN5O2/c22-16-3-1-2-15(12-16)21(28)25-18-6-4-17(5-7-18)24-20-13-19(14-23-26-20)27-8-10-29-11-9-27/h1-7,12-14H,8-11H2,(H,24,26)(H,25,28). The average molecular weight is 393 g/mol. The Morgan fingerprint density at radius 2 is 1.79 bits per heavy atom. The van der Waals surface area contributed by atoms with Gasteiger partial charge in [0.15, 0.2) is 5.82 Å². The Labute approximate surface area is 167 Å². The summed E-state index contributed by atoms with van der Waals surface area (Å²) >= 11 is 0. The maximum atomic E-state index is 13.3. The van der Waals surface area contributed by atoms with Gasteiger partial charge in [-0.1, -0.05) is 6.07 Å². The number of anilines is 4. The average Bonchev–Trinajstić information content (AvgIpc) is 2.76. The third-order valence-electron chi connectivity index (χ3n) is 4.52. The topological polar surface area (TPSA) is 79.4 Å². The van der Waals surface area contributed by atoms with Crippen LogP contribution in [0.5, 0.6) is 0 Å².